The van der Waals surface area contributed by atoms with E-state index in [1.807, 2.05) is 39.5 Å². The van der Waals surface area contributed by atoms with E-state index in [1.165, 1.54) is 0 Å². The van der Waals surface area contributed by atoms with E-state index >= 15 is 0 Å². The van der Waals surface area contributed by atoms with Crippen molar-refractivity contribution in [1.29, 1.82) is 0 Å². The average molecular weight is 507 g/mol. The maximum absolute atomic E-state index is 13.2. The highest BCUT2D eigenvalue weighted by Crippen LogP contribution is 2.38. The molecule has 3 atom stereocenters. The molecule has 1 N–H and O–H groups in total. The van der Waals surface area contributed by atoms with E-state index in [4.69, 9.17) is 14.2 Å². The highest BCUT2D eigenvalue weighted by Gasteiger charge is 2.41. The standard InChI is InChI=1S/C27H42N2O5S/c1-9-14-32-22-16-19(3)18(2)15-21(22)24(28-35(31)26(4,5)6)20-10-12-29(13-11-20)25(30)23-17-33-27(7,8)34-23/h9,15-16,20,23-24,28H,1,10-14,17H2,2-8H3/t23-,24+,35+/m1/s1. The van der Waals surface area contributed by atoms with Gasteiger partial charge in [0.2, 0.25) is 0 Å². The van der Waals surface area contributed by atoms with Gasteiger partial charge >= 0.3 is 0 Å². The molecule has 2 heterocycles. The number of hydrogen-bond acceptors (Lipinski definition) is 5. The van der Waals surface area contributed by atoms with E-state index < -0.39 is 27.6 Å². The van der Waals surface area contributed by atoms with Crippen LogP contribution in [0, 0.1) is 19.8 Å². The highest BCUT2D eigenvalue weighted by molar-refractivity contribution is 7.84. The number of nitrogens with one attached hydrogen (secondary N) is 1. The Kier molecular flexibility index (Phi) is 8.84. The molecule has 2 aliphatic heterocycles. The largest absolute Gasteiger partial charge is 0.489 e. The molecule has 0 unspecified atom stereocenters. The molecule has 8 heteroatoms. The summed E-state index contributed by atoms with van der Waals surface area (Å²) in [4.78, 5) is 14.9. The Bertz CT molecular complexity index is 948. The number of piperidine rings is 1. The van der Waals surface area contributed by atoms with Crippen LogP contribution in [0.1, 0.15) is 70.2 Å². The summed E-state index contributed by atoms with van der Waals surface area (Å²) in [5, 5.41) is 0. The first-order valence-electron chi connectivity index (χ1n) is 12.5. The third kappa shape index (κ3) is 6.94. The first-order valence-corrected chi connectivity index (χ1v) is 13.6. The van der Waals surface area contributed by atoms with Gasteiger partial charge < -0.3 is 19.1 Å². The summed E-state index contributed by atoms with van der Waals surface area (Å²) in [6.45, 7) is 19.4. The second-order valence-electron chi connectivity index (χ2n) is 11.0. The summed E-state index contributed by atoms with van der Waals surface area (Å²) in [7, 11) is -1.27. The molecule has 0 bridgehead atoms. The van der Waals surface area contributed by atoms with Gasteiger partial charge in [0.25, 0.3) is 5.91 Å². The Hall–Kier alpha value is -1.74. The minimum Gasteiger partial charge on any atom is -0.489 e. The third-order valence-corrected chi connectivity index (χ3v) is 8.29. The van der Waals surface area contributed by atoms with Crippen molar-refractivity contribution >= 4 is 16.9 Å². The van der Waals surface area contributed by atoms with Crippen molar-refractivity contribution in [2.75, 3.05) is 26.3 Å². The van der Waals surface area contributed by atoms with Gasteiger partial charge in [-0.1, -0.05) is 18.7 Å². The van der Waals surface area contributed by atoms with Crippen LogP contribution in [0.5, 0.6) is 5.75 Å². The maximum Gasteiger partial charge on any atom is 0.254 e. The second-order valence-corrected chi connectivity index (χ2v) is 13.0. The van der Waals surface area contributed by atoms with Gasteiger partial charge in [-0.25, -0.2) is 8.93 Å². The van der Waals surface area contributed by atoms with Crippen molar-refractivity contribution in [2.24, 2.45) is 5.92 Å². The molecule has 0 saturated carbocycles. The van der Waals surface area contributed by atoms with E-state index in [0.29, 0.717) is 19.7 Å². The molecule has 0 aliphatic carbocycles. The summed E-state index contributed by atoms with van der Waals surface area (Å²) >= 11 is 0. The molecule has 7 nitrogen and oxygen atoms in total. The second kappa shape index (κ2) is 11.1. The Morgan fingerprint density at radius 1 is 1.29 bits per heavy atom. The van der Waals surface area contributed by atoms with Gasteiger partial charge in [-0.2, -0.15) is 0 Å². The van der Waals surface area contributed by atoms with Crippen molar-refractivity contribution in [3.05, 3.63) is 41.5 Å². The molecular weight excluding hydrogens is 464 g/mol. The summed E-state index contributed by atoms with van der Waals surface area (Å²) in [6.07, 6.45) is 2.75. The van der Waals surface area contributed by atoms with Gasteiger partial charge in [0.15, 0.2) is 11.9 Å². The minimum atomic E-state index is -1.27. The molecule has 0 radical (unpaired) electrons. The lowest BCUT2D eigenvalue weighted by atomic mass is 9.84. The molecule has 0 spiro atoms. The number of carbonyl (C=O) groups is 1. The van der Waals surface area contributed by atoms with E-state index in [0.717, 1.165) is 35.3 Å². The summed E-state index contributed by atoms with van der Waals surface area (Å²) in [5.74, 6) is 0.234. The summed E-state index contributed by atoms with van der Waals surface area (Å²) in [6, 6.07) is 4.03. The number of amides is 1. The number of likely N-dealkylation sites (tertiary alicyclic amines) is 1. The van der Waals surface area contributed by atoms with Gasteiger partial charge in [0.05, 0.1) is 28.4 Å². The minimum absolute atomic E-state index is 0.0158. The zero-order valence-corrected chi connectivity index (χ0v) is 23.1. The number of hydrogen-bond donors (Lipinski definition) is 1. The smallest absolute Gasteiger partial charge is 0.254 e. The zero-order valence-electron chi connectivity index (χ0n) is 22.3. The van der Waals surface area contributed by atoms with Gasteiger partial charge in [-0.05, 0) is 84.4 Å². The normalized spacial score (nSPS) is 22.6. The predicted octanol–water partition coefficient (Wildman–Crippen LogP) is 4.35. The number of ether oxygens (including phenoxy) is 3. The van der Waals surface area contributed by atoms with Crippen LogP contribution in [-0.4, -0.2) is 58.0 Å². The molecule has 1 aromatic carbocycles. The van der Waals surface area contributed by atoms with Crippen molar-refractivity contribution in [3.63, 3.8) is 0 Å². The van der Waals surface area contributed by atoms with Crippen LogP contribution in [0.4, 0.5) is 0 Å². The lowest BCUT2D eigenvalue weighted by Crippen LogP contribution is -2.47. The Morgan fingerprint density at radius 3 is 2.46 bits per heavy atom. The third-order valence-electron chi connectivity index (χ3n) is 6.71. The topological polar surface area (TPSA) is 77.1 Å². The SMILES string of the molecule is C=CCOc1cc(C)c(C)cc1[C@@H](N[S@@](=O)C(C)(C)C)C1CCN(C(=O)[C@H]2COC(C)(C)O2)CC1. The molecule has 2 aliphatic rings. The first-order chi connectivity index (χ1) is 16.3. The maximum atomic E-state index is 13.2. The molecule has 1 amide bonds. The molecular formula is C27H42N2O5S. The number of carbonyl (C=O) groups excluding carboxylic acids is 1. The van der Waals surface area contributed by atoms with Crippen LogP contribution in [0.3, 0.4) is 0 Å². The number of rotatable bonds is 8. The van der Waals surface area contributed by atoms with E-state index in [-0.39, 0.29) is 24.5 Å². The fraction of sp³-hybridized carbons (Fsp3) is 0.667. The van der Waals surface area contributed by atoms with Gasteiger partial charge in [-0.3, -0.25) is 4.79 Å². The summed E-state index contributed by atoms with van der Waals surface area (Å²) < 4.78 is 33.7. The Labute approximate surface area is 213 Å². The molecule has 35 heavy (non-hydrogen) atoms. The Morgan fingerprint density at radius 2 is 1.91 bits per heavy atom. The molecule has 0 aromatic heterocycles. The monoisotopic (exact) mass is 506 g/mol. The van der Waals surface area contributed by atoms with E-state index in [9.17, 15) is 9.00 Å². The van der Waals surface area contributed by atoms with Crippen molar-refractivity contribution < 1.29 is 23.2 Å². The fourth-order valence-corrected chi connectivity index (χ4v) is 5.40. The molecule has 2 saturated heterocycles. The van der Waals surface area contributed by atoms with Crippen LogP contribution in [0.2, 0.25) is 0 Å². The quantitative estimate of drug-likeness (QED) is 0.531. The highest BCUT2D eigenvalue weighted by atomic mass is 32.2. The van der Waals surface area contributed by atoms with Crippen molar-refractivity contribution in [2.45, 2.75) is 84.0 Å². The number of benzene rings is 1. The van der Waals surface area contributed by atoms with E-state index in [1.54, 1.807) is 6.08 Å². The van der Waals surface area contributed by atoms with Crippen molar-refractivity contribution in [3.8, 4) is 5.75 Å². The zero-order chi connectivity index (χ0) is 26.0. The van der Waals surface area contributed by atoms with Crippen LogP contribution in [0.25, 0.3) is 0 Å². The van der Waals surface area contributed by atoms with Gasteiger partial charge in [-0.15, -0.1) is 0 Å². The van der Waals surface area contributed by atoms with Crippen LogP contribution in [0.15, 0.2) is 24.8 Å². The molecule has 1 aromatic rings. The first kappa shape index (κ1) is 27.8. The van der Waals surface area contributed by atoms with Crippen molar-refractivity contribution in [1.82, 2.24) is 9.62 Å². The van der Waals surface area contributed by atoms with E-state index in [2.05, 4.69) is 37.3 Å². The number of aryl methyl sites for hydroxylation is 2. The van der Waals surface area contributed by atoms with Crippen LogP contribution in [-0.2, 0) is 25.3 Å². The lowest BCUT2D eigenvalue weighted by Gasteiger charge is -2.38. The van der Waals surface area contributed by atoms with Crippen LogP contribution < -0.4 is 9.46 Å². The van der Waals surface area contributed by atoms with Gasteiger partial charge in [0.1, 0.15) is 12.4 Å². The predicted molar refractivity (Wildman–Crippen MR) is 140 cm³/mol. The lowest BCUT2D eigenvalue weighted by molar-refractivity contribution is -0.161. The fourth-order valence-electron chi connectivity index (χ4n) is 4.50. The molecule has 2 fully saturated rings. The molecule has 196 valence electrons. The van der Waals surface area contributed by atoms with Crippen LogP contribution >= 0.6 is 0 Å². The average Bonchev–Trinajstić information content (AvgIpc) is 3.16. The van der Waals surface area contributed by atoms with Gasteiger partial charge in [0, 0.05) is 18.7 Å². The molecule has 3 rings (SSSR count). The number of nitrogens with zero attached hydrogens (tertiary/aromatic N) is 1. The Balaban J connectivity index is 1.83. The summed E-state index contributed by atoms with van der Waals surface area (Å²) in [5.41, 5.74) is 3.31.